The average molecular weight is 330 g/mol. The molecule has 2 aliphatic rings. The molecule has 0 saturated heterocycles. The van der Waals surface area contributed by atoms with E-state index in [9.17, 15) is 9.59 Å². The van der Waals surface area contributed by atoms with Crippen LogP contribution in [0.1, 0.15) is 37.3 Å². The second-order valence-electron chi connectivity index (χ2n) is 6.84. The van der Waals surface area contributed by atoms with Crippen molar-refractivity contribution in [3.05, 3.63) is 29.3 Å². The van der Waals surface area contributed by atoms with Crippen LogP contribution in [0.3, 0.4) is 0 Å². The summed E-state index contributed by atoms with van der Waals surface area (Å²) in [6.07, 6.45) is 4.81. The maximum Gasteiger partial charge on any atom is 0.223 e. The molecule has 1 aromatic rings. The maximum atomic E-state index is 11.7. The van der Waals surface area contributed by atoms with E-state index in [0.29, 0.717) is 32.0 Å². The van der Waals surface area contributed by atoms with E-state index >= 15 is 0 Å². The number of amides is 2. The fourth-order valence-corrected chi connectivity index (χ4v) is 3.20. The average Bonchev–Trinajstić information content (AvgIpc) is 3.12. The molecule has 3 rings (SSSR count). The van der Waals surface area contributed by atoms with Gasteiger partial charge >= 0.3 is 0 Å². The van der Waals surface area contributed by atoms with Gasteiger partial charge in [-0.05, 0) is 54.9 Å². The van der Waals surface area contributed by atoms with Crippen LogP contribution in [0, 0.1) is 11.8 Å². The monoisotopic (exact) mass is 330 g/mol. The largest absolute Gasteiger partial charge is 0.492 e. The zero-order chi connectivity index (χ0) is 16.9. The Morgan fingerprint density at radius 2 is 1.96 bits per heavy atom. The highest BCUT2D eigenvalue weighted by Gasteiger charge is 2.38. The van der Waals surface area contributed by atoms with Gasteiger partial charge in [0, 0.05) is 18.9 Å². The van der Waals surface area contributed by atoms with Gasteiger partial charge in [-0.15, -0.1) is 0 Å². The third-order valence-corrected chi connectivity index (χ3v) is 4.86. The van der Waals surface area contributed by atoms with Crippen LogP contribution in [0.15, 0.2) is 18.2 Å². The molecule has 0 bridgehead atoms. The van der Waals surface area contributed by atoms with Crippen molar-refractivity contribution in [1.29, 1.82) is 0 Å². The molecule has 0 aromatic heterocycles. The molecule has 1 aromatic carbocycles. The molecular formula is C19H26N2O3. The van der Waals surface area contributed by atoms with Crippen LogP contribution in [-0.4, -0.2) is 31.5 Å². The molecule has 5 nitrogen and oxygen atoms in total. The van der Waals surface area contributed by atoms with E-state index in [2.05, 4.69) is 29.7 Å². The van der Waals surface area contributed by atoms with Gasteiger partial charge in [0.2, 0.25) is 11.8 Å². The molecule has 0 radical (unpaired) electrons. The smallest absolute Gasteiger partial charge is 0.223 e. The molecule has 0 unspecified atom stereocenters. The van der Waals surface area contributed by atoms with Gasteiger partial charge in [-0.3, -0.25) is 9.59 Å². The molecule has 0 aliphatic heterocycles. The van der Waals surface area contributed by atoms with Gasteiger partial charge in [-0.25, -0.2) is 0 Å². The standard InChI is InChI=1S/C19H26N2O3/c1-13-11-17(13)19(23)21-8-7-18(22)20-9-10-24-16-6-5-14-3-2-4-15(14)12-16/h5-6,12-13,17H,2-4,7-11H2,1H3,(H,20,22)(H,21,23)/t13-,17-/m1/s1. The molecular weight excluding hydrogens is 304 g/mol. The minimum absolute atomic E-state index is 0.0586. The zero-order valence-corrected chi connectivity index (χ0v) is 14.3. The number of carbonyl (C=O) groups is 2. The molecule has 2 atom stereocenters. The van der Waals surface area contributed by atoms with E-state index in [1.165, 1.54) is 24.0 Å². The Labute approximate surface area is 143 Å². The molecule has 24 heavy (non-hydrogen) atoms. The number of rotatable bonds is 8. The van der Waals surface area contributed by atoms with Crippen LogP contribution in [0.5, 0.6) is 5.75 Å². The van der Waals surface area contributed by atoms with Gasteiger partial charge in [-0.1, -0.05) is 13.0 Å². The Morgan fingerprint density at radius 1 is 1.17 bits per heavy atom. The first-order valence-corrected chi connectivity index (χ1v) is 8.92. The topological polar surface area (TPSA) is 67.4 Å². The fraction of sp³-hybridized carbons (Fsp3) is 0.579. The van der Waals surface area contributed by atoms with Crippen molar-refractivity contribution < 1.29 is 14.3 Å². The first kappa shape index (κ1) is 16.8. The number of carbonyl (C=O) groups excluding carboxylic acids is 2. The van der Waals surface area contributed by atoms with Crippen LogP contribution < -0.4 is 15.4 Å². The van der Waals surface area contributed by atoms with Gasteiger partial charge in [0.1, 0.15) is 12.4 Å². The highest BCUT2D eigenvalue weighted by molar-refractivity contribution is 5.82. The van der Waals surface area contributed by atoms with Crippen molar-refractivity contribution in [3.63, 3.8) is 0 Å². The highest BCUT2D eigenvalue weighted by atomic mass is 16.5. The second-order valence-corrected chi connectivity index (χ2v) is 6.84. The van der Waals surface area contributed by atoms with Crippen LogP contribution >= 0.6 is 0 Å². The Morgan fingerprint density at radius 3 is 2.75 bits per heavy atom. The minimum atomic E-state index is -0.0586. The molecule has 5 heteroatoms. The van der Waals surface area contributed by atoms with E-state index < -0.39 is 0 Å². The summed E-state index contributed by atoms with van der Waals surface area (Å²) in [4.78, 5) is 23.4. The first-order valence-electron chi connectivity index (χ1n) is 8.92. The van der Waals surface area contributed by atoms with E-state index in [-0.39, 0.29) is 17.7 Å². The Bertz CT molecular complexity index is 615. The van der Waals surface area contributed by atoms with Crippen molar-refractivity contribution in [1.82, 2.24) is 10.6 Å². The number of ether oxygens (including phenoxy) is 1. The summed E-state index contributed by atoms with van der Waals surface area (Å²) in [5, 5.41) is 5.63. The Hall–Kier alpha value is -2.04. The molecule has 2 amide bonds. The third-order valence-electron chi connectivity index (χ3n) is 4.86. The lowest BCUT2D eigenvalue weighted by atomic mass is 10.1. The Balaban J connectivity index is 1.26. The number of benzene rings is 1. The third kappa shape index (κ3) is 4.49. The molecule has 130 valence electrons. The van der Waals surface area contributed by atoms with Crippen LogP contribution in [0.25, 0.3) is 0 Å². The molecule has 0 heterocycles. The maximum absolute atomic E-state index is 11.7. The van der Waals surface area contributed by atoms with Crippen LogP contribution in [0.4, 0.5) is 0 Å². The fourth-order valence-electron chi connectivity index (χ4n) is 3.20. The molecule has 1 saturated carbocycles. The second kappa shape index (κ2) is 7.69. The van der Waals surface area contributed by atoms with Gasteiger partial charge in [-0.2, -0.15) is 0 Å². The highest BCUT2D eigenvalue weighted by Crippen LogP contribution is 2.37. The van der Waals surface area contributed by atoms with Crippen molar-refractivity contribution in [2.75, 3.05) is 19.7 Å². The molecule has 1 fully saturated rings. The number of hydrogen-bond acceptors (Lipinski definition) is 3. The van der Waals surface area contributed by atoms with E-state index in [0.717, 1.165) is 18.6 Å². The predicted molar refractivity (Wildman–Crippen MR) is 91.9 cm³/mol. The molecule has 0 spiro atoms. The number of nitrogens with one attached hydrogen (secondary N) is 2. The summed E-state index contributed by atoms with van der Waals surface area (Å²) in [7, 11) is 0. The first-order chi connectivity index (χ1) is 11.6. The van der Waals surface area contributed by atoms with Crippen molar-refractivity contribution in [2.24, 2.45) is 11.8 Å². The predicted octanol–water partition coefficient (Wildman–Crippen LogP) is 1.83. The summed E-state index contributed by atoms with van der Waals surface area (Å²) in [5.41, 5.74) is 2.82. The summed E-state index contributed by atoms with van der Waals surface area (Å²) in [5.74, 6) is 1.55. The van der Waals surface area contributed by atoms with Crippen molar-refractivity contribution in [3.8, 4) is 5.75 Å². The Kier molecular flexibility index (Phi) is 5.38. The van der Waals surface area contributed by atoms with Crippen molar-refractivity contribution >= 4 is 11.8 Å². The summed E-state index contributed by atoms with van der Waals surface area (Å²) in [6, 6.07) is 6.25. The number of hydrogen-bond donors (Lipinski definition) is 2. The summed E-state index contributed by atoms with van der Waals surface area (Å²) in [6.45, 7) is 3.40. The molecule has 2 N–H and O–H groups in total. The van der Waals surface area contributed by atoms with Crippen molar-refractivity contribution in [2.45, 2.75) is 39.0 Å². The number of aryl methyl sites for hydroxylation is 2. The van der Waals surface area contributed by atoms with E-state index in [4.69, 9.17) is 4.74 Å². The quantitative estimate of drug-likeness (QED) is 0.715. The van der Waals surface area contributed by atoms with E-state index in [1.807, 2.05) is 6.07 Å². The van der Waals surface area contributed by atoms with E-state index in [1.54, 1.807) is 0 Å². The lowest BCUT2D eigenvalue weighted by molar-refractivity contribution is -0.123. The van der Waals surface area contributed by atoms with Gasteiger partial charge < -0.3 is 15.4 Å². The number of fused-ring (bicyclic) bond motifs is 1. The van der Waals surface area contributed by atoms with Gasteiger partial charge in [0.25, 0.3) is 0 Å². The molecule has 2 aliphatic carbocycles. The lowest BCUT2D eigenvalue weighted by Crippen LogP contribution is -2.33. The zero-order valence-electron chi connectivity index (χ0n) is 14.3. The SMILES string of the molecule is C[C@@H]1C[C@H]1C(=O)NCCC(=O)NCCOc1ccc2c(c1)CCC2. The lowest BCUT2D eigenvalue weighted by Gasteiger charge is -2.09. The normalized spacial score (nSPS) is 21.0. The minimum Gasteiger partial charge on any atom is -0.492 e. The van der Waals surface area contributed by atoms with Gasteiger partial charge in [0.15, 0.2) is 0 Å². The summed E-state index contributed by atoms with van der Waals surface area (Å²) < 4.78 is 5.69. The van der Waals surface area contributed by atoms with Crippen LogP contribution in [-0.2, 0) is 22.4 Å². The van der Waals surface area contributed by atoms with Gasteiger partial charge in [0.05, 0.1) is 6.54 Å². The summed E-state index contributed by atoms with van der Waals surface area (Å²) >= 11 is 0. The van der Waals surface area contributed by atoms with Crippen LogP contribution in [0.2, 0.25) is 0 Å².